The molecule has 0 fully saturated rings. The van der Waals surface area contributed by atoms with Gasteiger partial charge in [-0.15, -0.1) is 5.10 Å². The number of hydrogen-bond donors (Lipinski definition) is 4. The molecule has 0 unspecified atom stereocenters. The lowest BCUT2D eigenvalue weighted by Crippen LogP contribution is -2.34. The van der Waals surface area contributed by atoms with Crippen LogP contribution in [-0.4, -0.2) is 60.4 Å². The Morgan fingerprint density at radius 2 is 2.26 bits per heavy atom. The summed E-state index contributed by atoms with van der Waals surface area (Å²) in [6, 6.07) is 5.28. The van der Waals surface area contributed by atoms with E-state index in [1.807, 2.05) is 0 Å². The summed E-state index contributed by atoms with van der Waals surface area (Å²) >= 11 is 0. The molecule has 1 aliphatic heterocycles. The zero-order valence-electron chi connectivity index (χ0n) is 16.6. The van der Waals surface area contributed by atoms with Gasteiger partial charge >= 0.3 is 0 Å². The lowest BCUT2D eigenvalue weighted by molar-refractivity contribution is 0.261. The van der Waals surface area contributed by atoms with Crippen molar-refractivity contribution in [1.29, 1.82) is 5.41 Å². The minimum atomic E-state index is 0.168. The van der Waals surface area contributed by atoms with Crippen LogP contribution < -0.4 is 11.1 Å². The zero-order valence-corrected chi connectivity index (χ0v) is 16.6. The molecule has 1 aliphatic rings. The Morgan fingerprint density at radius 1 is 1.35 bits per heavy atom. The summed E-state index contributed by atoms with van der Waals surface area (Å²) in [5, 5.41) is 25.2. The molecule has 0 radical (unpaired) electrons. The number of aromatic nitrogens is 5. The first-order valence-corrected chi connectivity index (χ1v) is 9.86. The molecule has 0 spiro atoms. The van der Waals surface area contributed by atoms with Gasteiger partial charge in [0.25, 0.3) is 0 Å². The number of nitrogens with one attached hydrogen (secondary N) is 2. The molecule has 0 aliphatic carbocycles. The Labute approximate surface area is 177 Å². The van der Waals surface area contributed by atoms with Crippen molar-refractivity contribution in [3.05, 3.63) is 47.5 Å². The topological polar surface area (TPSA) is 154 Å². The zero-order chi connectivity index (χ0) is 21.4. The lowest BCUT2D eigenvalue weighted by atomic mass is 10.1. The van der Waals surface area contributed by atoms with Crippen LogP contribution in [0.4, 0.5) is 11.8 Å². The Hall–Kier alpha value is -3.99. The van der Waals surface area contributed by atoms with Gasteiger partial charge in [-0.25, -0.2) is 4.98 Å². The predicted octanol–water partition coefficient (Wildman–Crippen LogP) is 1.53. The first-order valence-electron chi connectivity index (χ1n) is 9.86. The molecule has 5 rings (SSSR count). The van der Waals surface area contributed by atoms with Gasteiger partial charge in [0.05, 0.1) is 18.0 Å². The van der Waals surface area contributed by atoms with Crippen molar-refractivity contribution in [2.24, 2.45) is 0 Å². The monoisotopic (exact) mass is 419 g/mol. The highest BCUT2D eigenvalue weighted by atomic mass is 16.3. The van der Waals surface area contributed by atoms with Gasteiger partial charge in [0.15, 0.2) is 11.4 Å². The van der Waals surface area contributed by atoms with Crippen molar-refractivity contribution < 1.29 is 9.52 Å². The van der Waals surface area contributed by atoms with Gasteiger partial charge < -0.3 is 26.0 Å². The molecule has 0 saturated carbocycles. The maximum Gasteiger partial charge on any atom is 0.225 e. The van der Waals surface area contributed by atoms with Gasteiger partial charge in [-0.1, -0.05) is 0 Å². The normalized spacial score (nSPS) is 13.9. The maximum absolute atomic E-state index is 9.68. The largest absolute Gasteiger partial charge is 0.506 e. The van der Waals surface area contributed by atoms with Crippen molar-refractivity contribution in [2.45, 2.75) is 13.0 Å². The van der Waals surface area contributed by atoms with Crippen LogP contribution in [0, 0.1) is 5.41 Å². The number of hydrogen-bond acceptors (Lipinski definition) is 10. The average molecular weight is 419 g/mol. The van der Waals surface area contributed by atoms with Gasteiger partial charge in [-0.05, 0) is 23.8 Å². The van der Waals surface area contributed by atoms with Gasteiger partial charge in [-0.2, -0.15) is 9.50 Å². The summed E-state index contributed by atoms with van der Waals surface area (Å²) in [5.41, 5.74) is 9.10. The first kappa shape index (κ1) is 19.0. The minimum absolute atomic E-state index is 0.168. The standard InChI is InChI=1S/C20H21N9O2/c21-9-14-17(23-4-6-28-5-3-15-12(11-28)8-13(30)10-24-15)26-20(22)29-19(14)25-18(27-29)16-2-1-7-31-16/h1-2,7-10,21,23,30H,3-6,11H2,(H2,22,26). The van der Waals surface area contributed by atoms with Crippen LogP contribution in [0.15, 0.2) is 35.1 Å². The number of fused-ring (bicyclic) bond motifs is 2. The van der Waals surface area contributed by atoms with Crippen LogP contribution in [0.5, 0.6) is 5.75 Å². The van der Waals surface area contributed by atoms with E-state index in [9.17, 15) is 5.11 Å². The molecule has 0 atom stereocenters. The van der Waals surface area contributed by atoms with Crippen LogP contribution in [0.1, 0.15) is 16.8 Å². The number of nitrogen functional groups attached to an aromatic ring is 1. The number of rotatable bonds is 6. The molecule has 0 bridgehead atoms. The summed E-state index contributed by atoms with van der Waals surface area (Å²) in [5.74, 6) is 1.73. The molecule has 4 aromatic heterocycles. The van der Waals surface area contributed by atoms with Crippen LogP contribution in [0.3, 0.4) is 0 Å². The third kappa shape index (κ3) is 3.55. The Morgan fingerprint density at radius 3 is 3.06 bits per heavy atom. The second kappa shape index (κ2) is 7.69. The molecular weight excluding hydrogens is 398 g/mol. The van der Waals surface area contributed by atoms with Crippen LogP contribution >= 0.6 is 0 Å². The van der Waals surface area contributed by atoms with Crippen molar-refractivity contribution in [2.75, 3.05) is 30.7 Å². The summed E-state index contributed by atoms with van der Waals surface area (Å²) < 4.78 is 6.77. The van der Waals surface area contributed by atoms with E-state index in [2.05, 4.69) is 30.3 Å². The Kier molecular flexibility index (Phi) is 4.71. The molecule has 31 heavy (non-hydrogen) atoms. The molecule has 11 heteroatoms. The van der Waals surface area contributed by atoms with E-state index in [-0.39, 0.29) is 11.7 Å². The number of nitrogens with zero attached hydrogens (tertiary/aromatic N) is 6. The van der Waals surface area contributed by atoms with Gasteiger partial charge in [0.1, 0.15) is 11.6 Å². The molecule has 4 aromatic rings. The fourth-order valence-electron chi connectivity index (χ4n) is 3.75. The summed E-state index contributed by atoms with van der Waals surface area (Å²) in [7, 11) is 0. The number of furan rings is 1. The number of nitrogens with two attached hydrogens (primary N) is 1. The molecule has 0 amide bonds. The number of aromatic hydroxyl groups is 1. The summed E-state index contributed by atoms with van der Waals surface area (Å²) in [6.45, 7) is 2.96. The van der Waals surface area contributed by atoms with E-state index in [4.69, 9.17) is 15.6 Å². The van der Waals surface area contributed by atoms with Crippen LogP contribution in [0.2, 0.25) is 0 Å². The summed E-state index contributed by atoms with van der Waals surface area (Å²) in [6.07, 6.45) is 5.07. The number of pyridine rings is 1. The van der Waals surface area contributed by atoms with Crippen LogP contribution in [-0.2, 0) is 13.0 Å². The van der Waals surface area contributed by atoms with E-state index >= 15 is 0 Å². The van der Waals surface area contributed by atoms with E-state index in [1.165, 1.54) is 16.9 Å². The highest BCUT2D eigenvalue weighted by molar-refractivity contribution is 5.93. The highest BCUT2D eigenvalue weighted by Gasteiger charge is 2.19. The Balaban J connectivity index is 1.33. The smallest absolute Gasteiger partial charge is 0.225 e. The summed E-state index contributed by atoms with van der Waals surface area (Å²) in [4.78, 5) is 15.4. The Bertz CT molecular complexity index is 1250. The van der Waals surface area contributed by atoms with E-state index in [0.29, 0.717) is 35.2 Å². The highest BCUT2D eigenvalue weighted by Crippen LogP contribution is 2.24. The van der Waals surface area contributed by atoms with E-state index in [1.54, 1.807) is 24.5 Å². The van der Waals surface area contributed by atoms with E-state index < -0.39 is 0 Å². The maximum atomic E-state index is 9.68. The van der Waals surface area contributed by atoms with Crippen molar-refractivity contribution >= 4 is 23.6 Å². The average Bonchev–Trinajstić information content (AvgIpc) is 3.44. The van der Waals surface area contributed by atoms with Crippen molar-refractivity contribution in [1.82, 2.24) is 29.5 Å². The number of anilines is 2. The fourth-order valence-corrected chi connectivity index (χ4v) is 3.75. The van der Waals surface area contributed by atoms with E-state index in [0.717, 1.165) is 37.3 Å². The van der Waals surface area contributed by atoms with Crippen molar-refractivity contribution in [3.8, 4) is 17.3 Å². The third-order valence-electron chi connectivity index (χ3n) is 5.26. The predicted molar refractivity (Wildman–Crippen MR) is 114 cm³/mol. The third-order valence-corrected chi connectivity index (χ3v) is 5.26. The van der Waals surface area contributed by atoms with Gasteiger partial charge in [-0.3, -0.25) is 9.88 Å². The molecule has 11 nitrogen and oxygen atoms in total. The first-order chi connectivity index (χ1) is 15.1. The SMILES string of the molecule is N=Cc1c(NCCN2CCc3ncc(O)cc3C2)nc(N)n2nc(-c3ccco3)nc12. The second-order valence-corrected chi connectivity index (χ2v) is 7.28. The molecule has 158 valence electrons. The second-order valence-electron chi connectivity index (χ2n) is 7.28. The van der Waals surface area contributed by atoms with Gasteiger partial charge in [0, 0.05) is 44.5 Å². The van der Waals surface area contributed by atoms with Crippen molar-refractivity contribution in [3.63, 3.8) is 0 Å². The fraction of sp³-hybridized carbons (Fsp3) is 0.250. The van der Waals surface area contributed by atoms with Crippen LogP contribution in [0.25, 0.3) is 17.2 Å². The molecule has 5 heterocycles. The molecule has 5 N–H and O–H groups in total. The van der Waals surface area contributed by atoms with Gasteiger partial charge in [0.2, 0.25) is 11.8 Å². The minimum Gasteiger partial charge on any atom is -0.506 e. The molecule has 0 aromatic carbocycles. The quantitative estimate of drug-likeness (QED) is 0.341. The molecule has 0 saturated heterocycles. The lowest BCUT2D eigenvalue weighted by Gasteiger charge is -2.28. The molecular formula is C20H21N9O2.